The van der Waals surface area contributed by atoms with Crippen LogP contribution in [0.3, 0.4) is 0 Å². The molecule has 2 heteroatoms. The highest BCUT2D eigenvalue weighted by molar-refractivity contribution is 5.23. The number of hydrogen-bond acceptors (Lipinski definition) is 2. The summed E-state index contributed by atoms with van der Waals surface area (Å²) < 4.78 is 0. The van der Waals surface area contributed by atoms with E-state index in [4.69, 9.17) is 5.26 Å². The molecule has 70 valence electrons. The highest BCUT2D eigenvalue weighted by Crippen LogP contribution is 2.24. The first-order valence-electron chi connectivity index (χ1n) is 5.23. The molecule has 0 N–H and O–H groups in total. The first-order chi connectivity index (χ1) is 6.40. The number of allylic oxidation sites excluding steroid dienone is 1. The van der Waals surface area contributed by atoms with Crippen LogP contribution in [0.1, 0.15) is 32.1 Å². The Balaban J connectivity index is 1.91. The summed E-state index contributed by atoms with van der Waals surface area (Å²) in [5, 5.41) is 8.71. The van der Waals surface area contributed by atoms with Gasteiger partial charge >= 0.3 is 0 Å². The van der Waals surface area contributed by atoms with Gasteiger partial charge in [-0.2, -0.15) is 5.26 Å². The van der Waals surface area contributed by atoms with E-state index in [-0.39, 0.29) is 0 Å². The van der Waals surface area contributed by atoms with Crippen LogP contribution in [-0.2, 0) is 0 Å². The van der Waals surface area contributed by atoms with Crippen LogP contribution in [0.2, 0.25) is 0 Å². The Labute approximate surface area is 79.8 Å². The molecule has 0 saturated carbocycles. The maximum Gasteiger partial charge on any atom is 0.0943 e. The van der Waals surface area contributed by atoms with Gasteiger partial charge in [0.25, 0.3) is 0 Å². The maximum atomic E-state index is 8.71. The highest BCUT2D eigenvalue weighted by Gasteiger charge is 2.23. The molecule has 1 aliphatic heterocycles. The summed E-state index contributed by atoms with van der Waals surface area (Å²) in [5.41, 5.74) is 0.996. The van der Waals surface area contributed by atoms with E-state index in [1.807, 2.05) is 0 Å². The third-order valence-corrected chi connectivity index (χ3v) is 3.18. The lowest BCUT2D eigenvalue weighted by atomic mass is 9.95. The molecule has 1 heterocycles. The predicted molar refractivity (Wildman–Crippen MR) is 52.1 cm³/mol. The Morgan fingerprint density at radius 2 is 2.15 bits per heavy atom. The molecule has 2 rings (SSSR count). The zero-order valence-electron chi connectivity index (χ0n) is 8.00. The van der Waals surface area contributed by atoms with Crippen LogP contribution in [0.5, 0.6) is 0 Å². The van der Waals surface area contributed by atoms with Crippen LogP contribution >= 0.6 is 0 Å². The molecule has 0 amide bonds. The van der Waals surface area contributed by atoms with Crippen molar-refractivity contribution in [3.63, 3.8) is 0 Å². The van der Waals surface area contributed by atoms with Crippen LogP contribution < -0.4 is 0 Å². The molecule has 2 nitrogen and oxygen atoms in total. The van der Waals surface area contributed by atoms with E-state index in [1.54, 1.807) is 0 Å². The molecule has 1 aliphatic carbocycles. The monoisotopic (exact) mass is 176 g/mol. The van der Waals surface area contributed by atoms with Gasteiger partial charge in [0, 0.05) is 11.6 Å². The average molecular weight is 176 g/mol. The molecule has 0 aromatic rings. The van der Waals surface area contributed by atoms with Crippen LogP contribution in [0.15, 0.2) is 11.6 Å². The largest absolute Gasteiger partial charge is 0.300 e. The van der Waals surface area contributed by atoms with Crippen molar-refractivity contribution in [2.24, 2.45) is 0 Å². The number of nitrogens with zero attached hydrogens (tertiary/aromatic N) is 2. The molecular formula is C11H16N2. The van der Waals surface area contributed by atoms with Gasteiger partial charge in [0.05, 0.1) is 6.07 Å². The van der Waals surface area contributed by atoms with E-state index in [0.29, 0.717) is 0 Å². The number of nitriles is 1. The summed E-state index contributed by atoms with van der Waals surface area (Å²) in [6, 6.07) is 2.99. The SMILES string of the molecule is N#CC1=CCC(N2CCCC2)CC1. The van der Waals surface area contributed by atoms with E-state index >= 15 is 0 Å². The Hall–Kier alpha value is -0.810. The highest BCUT2D eigenvalue weighted by atomic mass is 15.2. The maximum absolute atomic E-state index is 8.71. The van der Waals surface area contributed by atoms with Crippen molar-refractivity contribution in [3.8, 4) is 6.07 Å². The number of rotatable bonds is 1. The fourth-order valence-electron chi connectivity index (χ4n) is 2.36. The molecule has 0 aromatic carbocycles. The van der Waals surface area contributed by atoms with Gasteiger partial charge in [-0.05, 0) is 45.2 Å². The van der Waals surface area contributed by atoms with E-state index in [0.717, 1.165) is 24.5 Å². The molecule has 1 saturated heterocycles. The molecule has 2 aliphatic rings. The standard InChI is InChI=1S/C11H16N2/c12-9-10-3-5-11(6-4-10)13-7-1-2-8-13/h3,11H,1-2,4-8H2. The third-order valence-electron chi connectivity index (χ3n) is 3.18. The van der Waals surface area contributed by atoms with Crippen molar-refractivity contribution in [1.29, 1.82) is 5.26 Å². The summed E-state index contributed by atoms with van der Waals surface area (Å²) in [6.07, 6.45) is 8.16. The van der Waals surface area contributed by atoms with Crippen molar-refractivity contribution in [3.05, 3.63) is 11.6 Å². The van der Waals surface area contributed by atoms with E-state index in [9.17, 15) is 0 Å². The van der Waals surface area contributed by atoms with Crippen LogP contribution in [0, 0.1) is 11.3 Å². The quantitative estimate of drug-likeness (QED) is 0.611. The minimum absolute atomic E-state index is 0.736. The van der Waals surface area contributed by atoms with Crippen molar-refractivity contribution in [2.75, 3.05) is 13.1 Å². The molecule has 0 aromatic heterocycles. The molecule has 1 atom stereocenters. The number of likely N-dealkylation sites (tertiary alicyclic amines) is 1. The molecular weight excluding hydrogens is 160 g/mol. The van der Waals surface area contributed by atoms with Crippen molar-refractivity contribution >= 4 is 0 Å². The van der Waals surface area contributed by atoms with Gasteiger partial charge in [0.15, 0.2) is 0 Å². The van der Waals surface area contributed by atoms with Gasteiger partial charge in [-0.15, -0.1) is 0 Å². The molecule has 13 heavy (non-hydrogen) atoms. The van der Waals surface area contributed by atoms with Gasteiger partial charge in [-0.25, -0.2) is 0 Å². The Kier molecular flexibility index (Phi) is 2.65. The van der Waals surface area contributed by atoms with E-state index < -0.39 is 0 Å². The topological polar surface area (TPSA) is 27.0 Å². The van der Waals surface area contributed by atoms with Crippen molar-refractivity contribution < 1.29 is 0 Å². The van der Waals surface area contributed by atoms with Gasteiger partial charge in [0.1, 0.15) is 0 Å². The summed E-state index contributed by atoms with van der Waals surface area (Å²) in [5.74, 6) is 0. The van der Waals surface area contributed by atoms with Gasteiger partial charge in [-0.3, -0.25) is 0 Å². The summed E-state index contributed by atoms with van der Waals surface area (Å²) in [7, 11) is 0. The second-order valence-electron chi connectivity index (χ2n) is 4.01. The zero-order chi connectivity index (χ0) is 9.10. The van der Waals surface area contributed by atoms with Crippen molar-refractivity contribution in [1.82, 2.24) is 4.90 Å². The third kappa shape index (κ3) is 1.92. The smallest absolute Gasteiger partial charge is 0.0943 e. The van der Waals surface area contributed by atoms with Gasteiger partial charge in [-0.1, -0.05) is 6.08 Å². The first kappa shape index (κ1) is 8.77. The van der Waals surface area contributed by atoms with Crippen LogP contribution in [0.25, 0.3) is 0 Å². The first-order valence-corrected chi connectivity index (χ1v) is 5.23. The van der Waals surface area contributed by atoms with Gasteiger partial charge in [0.2, 0.25) is 0 Å². The molecule has 1 fully saturated rings. The summed E-state index contributed by atoms with van der Waals surface area (Å²) in [4.78, 5) is 2.59. The minimum atomic E-state index is 0.736. The fourth-order valence-corrected chi connectivity index (χ4v) is 2.36. The molecule has 0 spiro atoms. The molecule has 1 unspecified atom stereocenters. The summed E-state index contributed by atoms with van der Waals surface area (Å²) >= 11 is 0. The van der Waals surface area contributed by atoms with Crippen LogP contribution in [-0.4, -0.2) is 24.0 Å². The second kappa shape index (κ2) is 3.93. The summed E-state index contributed by atoms with van der Waals surface area (Å²) in [6.45, 7) is 2.56. The predicted octanol–water partition coefficient (Wildman–Crippen LogP) is 2.08. The van der Waals surface area contributed by atoms with Crippen molar-refractivity contribution in [2.45, 2.75) is 38.1 Å². The van der Waals surface area contributed by atoms with Gasteiger partial charge < -0.3 is 4.90 Å². The Bertz CT molecular complexity index is 243. The zero-order valence-corrected chi connectivity index (χ0v) is 8.00. The van der Waals surface area contributed by atoms with E-state index in [2.05, 4.69) is 17.0 Å². The minimum Gasteiger partial charge on any atom is -0.300 e. The second-order valence-corrected chi connectivity index (χ2v) is 4.01. The lowest BCUT2D eigenvalue weighted by Crippen LogP contribution is -2.33. The molecule has 0 radical (unpaired) electrons. The normalized spacial score (nSPS) is 29.8. The Morgan fingerprint density at radius 3 is 2.69 bits per heavy atom. The van der Waals surface area contributed by atoms with Crippen LogP contribution in [0.4, 0.5) is 0 Å². The Morgan fingerprint density at radius 1 is 1.38 bits per heavy atom. The number of hydrogen-bond donors (Lipinski definition) is 0. The molecule has 0 bridgehead atoms. The van der Waals surface area contributed by atoms with E-state index in [1.165, 1.54) is 32.4 Å². The average Bonchev–Trinajstić information content (AvgIpc) is 2.71. The lowest BCUT2D eigenvalue weighted by molar-refractivity contribution is 0.227. The fraction of sp³-hybridized carbons (Fsp3) is 0.727. The lowest BCUT2D eigenvalue weighted by Gasteiger charge is -2.28.